The summed E-state index contributed by atoms with van der Waals surface area (Å²) in [5, 5.41) is 0. The molecule has 0 aliphatic carbocycles. The first kappa shape index (κ1) is 17.3. The SMILES string of the molecule is COc1ccc(/C=C/C(=O)OCCCCC(C)(C)C)cc1. The summed E-state index contributed by atoms with van der Waals surface area (Å²) in [5.41, 5.74) is 1.29. The van der Waals surface area contributed by atoms with Gasteiger partial charge >= 0.3 is 5.97 Å². The van der Waals surface area contributed by atoms with Crippen molar-refractivity contribution in [3.8, 4) is 5.75 Å². The van der Waals surface area contributed by atoms with E-state index >= 15 is 0 Å². The van der Waals surface area contributed by atoms with Crippen LogP contribution < -0.4 is 4.74 Å². The summed E-state index contributed by atoms with van der Waals surface area (Å²) in [5.74, 6) is 0.509. The molecule has 0 radical (unpaired) electrons. The van der Waals surface area contributed by atoms with Crippen LogP contribution in [-0.4, -0.2) is 19.7 Å². The fraction of sp³-hybridized carbons (Fsp3) is 0.500. The molecule has 0 unspecified atom stereocenters. The summed E-state index contributed by atoms with van der Waals surface area (Å²) in [6.45, 7) is 7.14. The molecule has 0 saturated carbocycles. The zero-order valence-corrected chi connectivity index (χ0v) is 13.5. The molecule has 0 amide bonds. The van der Waals surface area contributed by atoms with Crippen LogP contribution in [0.2, 0.25) is 0 Å². The molecule has 0 fully saturated rings. The van der Waals surface area contributed by atoms with Crippen molar-refractivity contribution < 1.29 is 14.3 Å². The number of hydrogen-bond acceptors (Lipinski definition) is 3. The Hall–Kier alpha value is -1.77. The molecule has 3 heteroatoms. The molecule has 0 aliphatic rings. The molecule has 21 heavy (non-hydrogen) atoms. The van der Waals surface area contributed by atoms with E-state index in [0.717, 1.165) is 30.6 Å². The van der Waals surface area contributed by atoms with Crippen molar-refractivity contribution in [2.45, 2.75) is 40.0 Å². The van der Waals surface area contributed by atoms with Crippen LogP contribution in [0.5, 0.6) is 5.75 Å². The number of hydrogen-bond donors (Lipinski definition) is 0. The molecule has 0 spiro atoms. The molecule has 3 nitrogen and oxygen atoms in total. The minimum atomic E-state index is -0.290. The van der Waals surface area contributed by atoms with E-state index in [9.17, 15) is 4.79 Å². The van der Waals surface area contributed by atoms with E-state index in [4.69, 9.17) is 9.47 Å². The van der Waals surface area contributed by atoms with Crippen LogP contribution in [0.15, 0.2) is 30.3 Å². The van der Waals surface area contributed by atoms with E-state index in [0.29, 0.717) is 12.0 Å². The Morgan fingerprint density at radius 3 is 2.38 bits per heavy atom. The van der Waals surface area contributed by atoms with Gasteiger partial charge in [0.1, 0.15) is 5.75 Å². The molecular formula is C18H26O3. The monoisotopic (exact) mass is 290 g/mol. The van der Waals surface area contributed by atoms with Crippen molar-refractivity contribution in [3.63, 3.8) is 0 Å². The molecule has 0 saturated heterocycles. The second-order valence-electron chi connectivity index (χ2n) is 6.29. The van der Waals surface area contributed by atoms with E-state index < -0.39 is 0 Å². The molecule has 116 valence electrons. The standard InChI is InChI=1S/C18H26O3/c1-18(2,3)13-5-6-14-21-17(19)12-9-15-7-10-16(20-4)11-8-15/h7-12H,5-6,13-14H2,1-4H3/b12-9+. The largest absolute Gasteiger partial charge is 0.497 e. The lowest BCUT2D eigenvalue weighted by molar-refractivity contribution is -0.137. The highest BCUT2D eigenvalue weighted by atomic mass is 16.5. The zero-order chi connectivity index (χ0) is 15.7. The molecule has 0 bridgehead atoms. The minimum Gasteiger partial charge on any atom is -0.497 e. The van der Waals surface area contributed by atoms with Gasteiger partial charge in [-0.2, -0.15) is 0 Å². The van der Waals surface area contributed by atoms with Gasteiger partial charge in [0.15, 0.2) is 0 Å². The van der Waals surface area contributed by atoms with E-state index in [2.05, 4.69) is 20.8 Å². The Morgan fingerprint density at radius 1 is 1.14 bits per heavy atom. The number of methoxy groups -OCH3 is 1. The highest BCUT2D eigenvalue weighted by Gasteiger charge is 2.09. The molecule has 0 aliphatic heterocycles. The van der Waals surface area contributed by atoms with Gasteiger partial charge in [0, 0.05) is 6.08 Å². The number of esters is 1. The van der Waals surface area contributed by atoms with Crippen LogP contribution in [0, 0.1) is 5.41 Å². The molecule has 1 rings (SSSR count). The highest BCUT2D eigenvalue weighted by Crippen LogP contribution is 2.21. The van der Waals surface area contributed by atoms with Crippen LogP contribution in [0.1, 0.15) is 45.6 Å². The van der Waals surface area contributed by atoms with Crippen molar-refractivity contribution in [2.24, 2.45) is 5.41 Å². The minimum absolute atomic E-state index is 0.290. The van der Waals surface area contributed by atoms with E-state index in [1.807, 2.05) is 24.3 Å². The zero-order valence-electron chi connectivity index (χ0n) is 13.5. The van der Waals surface area contributed by atoms with Gasteiger partial charge in [-0.1, -0.05) is 32.9 Å². The Kier molecular flexibility index (Phi) is 7.00. The summed E-state index contributed by atoms with van der Waals surface area (Å²) in [7, 11) is 1.63. The van der Waals surface area contributed by atoms with Gasteiger partial charge in [0.25, 0.3) is 0 Å². The summed E-state index contributed by atoms with van der Waals surface area (Å²) in [4.78, 5) is 11.6. The van der Waals surface area contributed by atoms with Gasteiger partial charge in [-0.3, -0.25) is 0 Å². The third kappa shape index (κ3) is 8.18. The Morgan fingerprint density at radius 2 is 1.81 bits per heavy atom. The number of benzene rings is 1. The number of ether oxygens (including phenoxy) is 2. The van der Waals surface area contributed by atoms with Gasteiger partial charge in [-0.25, -0.2) is 4.79 Å². The van der Waals surface area contributed by atoms with Crippen molar-refractivity contribution >= 4 is 12.0 Å². The average Bonchev–Trinajstić information content (AvgIpc) is 2.44. The first-order valence-electron chi connectivity index (χ1n) is 7.39. The van der Waals surface area contributed by atoms with Gasteiger partial charge in [0.2, 0.25) is 0 Å². The lowest BCUT2D eigenvalue weighted by atomic mass is 9.90. The maximum Gasteiger partial charge on any atom is 0.330 e. The predicted molar refractivity (Wildman–Crippen MR) is 86.3 cm³/mol. The van der Waals surface area contributed by atoms with Crippen LogP contribution >= 0.6 is 0 Å². The lowest BCUT2D eigenvalue weighted by Gasteiger charge is -2.17. The van der Waals surface area contributed by atoms with E-state index in [-0.39, 0.29) is 5.97 Å². The summed E-state index contributed by atoms with van der Waals surface area (Å²) in [6.07, 6.45) is 6.35. The molecule has 1 aromatic carbocycles. The second kappa shape index (κ2) is 8.50. The normalized spacial score (nSPS) is 11.6. The van der Waals surface area contributed by atoms with Crippen LogP contribution in [-0.2, 0) is 9.53 Å². The predicted octanol–water partition coefficient (Wildman–Crippen LogP) is 4.47. The van der Waals surface area contributed by atoms with E-state index in [1.165, 1.54) is 6.08 Å². The highest BCUT2D eigenvalue weighted by molar-refractivity contribution is 5.87. The topological polar surface area (TPSA) is 35.5 Å². The Bertz CT molecular complexity index is 452. The van der Waals surface area contributed by atoms with Crippen molar-refractivity contribution in [2.75, 3.05) is 13.7 Å². The maximum atomic E-state index is 11.6. The van der Waals surface area contributed by atoms with Gasteiger partial charge in [0.05, 0.1) is 13.7 Å². The molecule has 1 aromatic rings. The fourth-order valence-corrected chi connectivity index (χ4v) is 1.86. The number of unbranched alkanes of at least 4 members (excludes halogenated alkanes) is 1. The molecule has 0 heterocycles. The van der Waals surface area contributed by atoms with Crippen LogP contribution in [0.3, 0.4) is 0 Å². The summed E-state index contributed by atoms with van der Waals surface area (Å²) in [6, 6.07) is 7.51. The fourth-order valence-electron chi connectivity index (χ4n) is 1.86. The van der Waals surface area contributed by atoms with Crippen LogP contribution in [0.4, 0.5) is 0 Å². The molecule has 0 N–H and O–H groups in total. The number of rotatable bonds is 7. The molecule has 0 aromatic heterocycles. The van der Waals surface area contributed by atoms with Gasteiger partial charge < -0.3 is 9.47 Å². The first-order chi connectivity index (χ1) is 9.90. The summed E-state index contributed by atoms with van der Waals surface area (Å²) >= 11 is 0. The van der Waals surface area contributed by atoms with Gasteiger partial charge in [-0.05, 0) is 48.4 Å². The van der Waals surface area contributed by atoms with Crippen molar-refractivity contribution in [3.05, 3.63) is 35.9 Å². The maximum absolute atomic E-state index is 11.6. The average molecular weight is 290 g/mol. The quantitative estimate of drug-likeness (QED) is 0.422. The number of carbonyl (C=O) groups is 1. The summed E-state index contributed by atoms with van der Waals surface area (Å²) < 4.78 is 10.3. The smallest absolute Gasteiger partial charge is 0.330 e. The first-order valence-corrected chi connectivity index (χ1v) is 7.39. The molecular weight excluding hydrogens is 264 g/mol. The Labute approximate surface area is 128 Å². The number of carbonyl (C=O) groups excluding carboxylic acids is 1. The third-order valence-electron chi connectivity index (χ3n) is 3.09. The third-order valence-corrected chi connectivity index (χ3v) is 3.09. The lowest BCUT2D eigenvalue weighted by Crippen LogP contribution is -2.06. The van der Waals surface area contributed by atoms with Crippen molar-refractivity contribution in [1.82, 2.24) is 0 Å². The Balaban J connectivity index is 2.25. The molecule has 0 atom stereocenters. The van der Waals surface area contributed by atoms with Crippen molar-refractivity contribution in [1.29, 1.82) is 0 Å². The second-order valence-corrected chi connectivity index (χ2v) is 6.29. The van der Waals surface area contributed by atoms with Gasteiger partial charge in [-0.15, -0.1) is 0 Å². The van der Waals surface area contributed by atoms with E-state index in [1.54, 1.807) is 13.2 Å². The van der Waals surface area contributed by atoms with Crippen LogP contribution in [0.25, 0.3) is 6.08 Å².